The van der Waals surface area contributed by atoms with Gasteiger partial charge >= 0.3 is 0 Å². The summed E-state index contributed by atoms with van der Waals surface area (Å²) in [4.78, 5) is 12.4. The second-order valence-corrected chi connectivity index (χ2v) is 5.48. The van der Waals surface area contributed by atoms with E-state index in [1.165, 1.54) is 0 Å². The van der Waals surface area contributed by atoms with Crippen molar-refractivity contribution in [2.45, 2.75) is 0 Å². The summed E-state index contributed by atoms with van der Waals surface area (Å²) in [5, 5.41) is 3.15. The first-order chi connectivity index (χ1) is 11.1. The van der Waals surface area contributed by atoms with Crippen LogP contribution in [0.5, 0.6) is 0 Å². The number of piperazine rings is 1. The first-order valence-corrected chi connectivity index (χ1v) is 7.56. The van der Waals surface area contributed by atoms with Gasteiger partial charge in [-0.2, -0.15) is 0 Å². The Morgan fingerprint density at radius 1 is 1.13 bits per heavy atom. The average molecular weight is 335 g/mol. The zero-order valence-corrected chi connectivity index (χ0v) is 13.1. The molecule has 8 heteroatoms. The van der Waals surface area contributed by atoms with Crippen LogP contribution in [0.15, 0.2) is 36.8 Å². The molecule has 1 aliphatic heterocycles. The van der Waals surface area contributed by atoms with Crippen molar-refractivity contribution in [3.63, 3.8) is 0 Å². The Bertz CT molecular complexity index is 690. The van der Waals surface area contributed by atoms with E-state index in [0.717, 1.165) is 37.1 Å². The number of halogens is 2. The van der Waals surface area contributed by atoms with Crippen molar-refractivity contribution in [3.05, 3.63) is 48.4 Å². The van der Waals surface area contributed by atoms with Crippen molar-refractivity contribution in [2.75, 3.05) is 36.4 Å². The summed E-state index contributed by atoms with van der Waals surface area (Å²) in [6.45, 7) is 2.79. The lowest BCUT2D eigenvalue weighted by Crippen LogP contribution is -2.50. The van der Waals surface area contributed by atoms with E-state index in [2.05, 4.69) is 20.2 Å². The standard InChI is InChI=1S/C15H15F2N5S/c16-11-1-2-12(17)13(9-11)20-15(23)22-7-5-21(6-8-22)14-10-18-3-4-19-14/h1-4,9-10H,5-8H2,(H,20,23). The highest BCUT2D eigenvalue weighted by molar-refractivity contribution is 7.80. The van der Waals surface area contributed by atoms with Crippen molar-refractivity contribution < 1.29 is 8.78 Å². The first kappa shape index (κ1) is 15.5. The van der Waals surface area contributed by atoms with Crippen molar-refractivity contribution >= 4 is 28.8 Å². The van der Waals surface area contributed by atoms with Gasteiger partial charge in [0.05, 0.1) is 11.9 Å². The molecular weight excluding hydrogens is 320 g/mol. The topological polar surface area (TPSA) is 44.3 Å². The molecule has 0 amide bonds. The Hall–Kier alpha value is -2.35. The number of anilines is 2. The Morgan fingerprint density at radius 2 is 1.91 bits per heavy atom. The average Bonchev–Trinajstić information content (AvgIpc) is 2.59. The summed E-state index contributed by atoms with van der Waals surface area (Å²) in [5.41, 5.74) is 0.0476. The van der Waals surface area contributed by atoms with Gasteiger partial charge in [-0.1, -0.05) is 0 Å². The van der Waals surface area contributed by atoms with Crippen LogP contribution in [0, 0.1) is 11.6 Å². The molecule has 5 nitrogen and oxygen atoms in total. The van der Waals surface area contributed by atoms with E-state index in [-0.39, 0.29) is 5.69 Å². The van der Waals surface area contributed by atoms with E-state index < -0.39 is 11.6 Å². The Morgan fingerprint density at radius 3 is 2.61 bits per heavy atom. The predicted molar refractivity (Wildman–Crippen MR) is 88.4 cm³/mol. The number of aromatic nitrogens is 2. The predicted octanol–water partition coefficient (Wildman–Crippen LogP) is 2.27. The number of nitrogens with zero attached hydrogens (tertiary/aromatic N) is 4. The van der Waals surface area contributed by atoms with Crippen LogP contribution in [-0.2, 0) is 0 Å². The molecule has 0 saturated carbocycles. The molecule has 1 fully saturated rings. The highest BCUT2D eigenvalue weighted by atomic mass is 32.1. The monoisotopic (exact) mass is 335 g/mol. The molecule has 0 atom stereocenters. The van der Waals surface area contributed by atoms with Crippen LogP contribution in [0.25, 0.3) is 0 Å². The van der Waals surface area contributed by atoms with E-state index in [1.54, 1.807) is 18.6 Å². The van der Waals surface area contributed by atoms with Crippen LogP contribution in [0.1, 0.15) is 0 Å². The van der Waals surface area contributed by atoms with Gasteiger partial charge in [-0.25, -0.2) is 13.8 Å². The van der Waals surface area contributed by atoms with E-state index in [1.807, 2.05) is 4.90 Å². The molecule has 0 radical (unpaired) electrons. The normalized spacial score (nSPS) is 14.7. The van der Waals surface area contributed by atoms with E-state index in [0.29, 0.717) is 18.2 Å². The Labute approximate surface area is 138 Å². The Kier molecular flexibility index (Phi) is 4.61. The molecular formula is C15H15F2N5S. The minimum absolute atomic E-state index is 0.0476. The van der Waals surface area contributed by atoms with Crippen LogP contribution in [0.2, 0.25) is 0 Å². The van der Waals surface area contributed by atoms with Crippen LogP contribution >= 0.6 is 12.2 Å². The summed E-state index contributed by atoms with van der Waals surface area (Å²) >= 11 is 5.29. The summed E-state index contributed by atoms with van der Waals surface area (Å²) in [5.74, 6) is -0.224. The number of thiocarbonyl (C=S) groups is 1. The molecule has 23 heavy (non-hydrogen) atoms. The molecule has 1 aliphatic rings. The highest BCUT2D eigenvalue weighted by Gasteiger charge is 2.20. The van der Waals surface area contributed by atoms with Gasteiger partial charge in [0.25, 0.3) is 0 Å². The van der Waals surface area contributed by atoms with Gasteiger partial charge in [0.1, 0.15) is 17.5 Å². The van der Waals surface area contributed by atoms with E-state index in [4.69, 9.17) is 12.2 Å². The summed E-state index contributed by atoms with van der Waals surface area (Å²) < 4.78 is 26.8. The fourth-order valence-corrected chi connectivity index (χ4v) is 2.67. The molecule has 0 bridgehead atoms. The van der Waals surface area contributed by atoms with Crippen molar-refractivity contribution in [1.82, 2.24) is 14.9 Å². The van der Waals surface area contributed by atoms with E-state index in [9.17, 15) is 8.78 Å². The lowest BCUT2D eigenvalue weighted by molar-refractivity contribution is 0.389. The van der Waals surface area contributed by atoms with Gasteiger partial charge < -0.3 is 15.1 Å². The van der Waals surface area contributed by atoms with Gasteiger partial charge in [0.2, 0.25) is 0 Å². The second-order valence-electron chi connectivity index (χ2n) is 5.09. The minimum atomic E-state index is -0.535. The van der Waals surface area contributed by atoms with Gasteiger partial charge in [0.15, 0.2) is 5.11 Å². The van der Waals surface area contributed by atoms with E-state index >= 15 is 0 Å². The molecule has 0 spiro atoms. The van der Waals surface area contributed by atoms with Crippen LogP contribution < -0.4 is 10.2 Å². The molecule has 3 rings (SSSR count). The lowest BCUT2D eigenvalue weighted by Gasteiger charge is -2.36. The lowest BCUT2D eigenvalue weighted by atomic mass is 10.3. The number of rotatable bonds is 2. The molecule has 2 aromatic rings. The van der Waals surface area contributed by atoms with Crippen LogP contribution in [0.3, 0.4) is 0 Å². The quantitative estimate of drug-likeness (QED) is 0.850. The summed E-state index contributed by atoms with van der Waals surface area (Å²) in [6.07, 6.45) is 5.00. The Balaban J connectivity index is 1.59. The minimum Gasteiger partial charge on any atom is -0.352 e. The van der Waals surface area contributed by atoms with Gasteiger partial charge in [0, 0.05) is 44.6 Å². The largest absolute Gasteiger partial charge is 0.352 e. The summed E-state index contributed by atoms with van der Waals surface area (Å²) in [7, 11) is 0. The van der Waals surface area contributed by atoms with Crippen molar-refractivity contribution in [3.8, 4) is 0 Å². The number of benzene rings is 1. The smallest absolute Gasteiger partial charge is 0.173 e. The van der Waals surface area contributed by atoms with Gasteiger partial charge in [-0.15, -0.1) is 0 Å². The maximum absolute atomic E-state index is 13.6. The van der Waals surface area contributed by atoms with Gasteiger partial charge in [-0.05, 0) is 24.4 Å². The second kappa shape index (κ2) is 6.82. The fourth-order valence-electron chi connectivity index (χ4n) is 2.38. The molecule has 1 N–H and O–H groups in total. The molecule has 0 aliphatic carbocycles. The molecule has 2 heterocycles. The third kappa shape index (κ3) is 3.70. The van der Waals surface area contributed by atoms with Crippen molar-refractivity contribution in [1.29, 1.82) is 0 Å². The third-order valence-corrected chi connectivity index (χ3v) is 3.97. The van der Waals surface area contributed by atoms with Gasteiger partial charge in [-0.3, -0.25) is 4.98 Å². The number of hydrogen-bond donors (Lipinski definition) is 1. The maximum Gasteiger partial charge on any atom is 0.173 e. The molecule has 120 valence electrons. The zero-order chi connectivity index (χ0) is 16.2. The number of nitrogens with one attached hydrogen (secondary N) is 1. The molecule has 0 unspecified atom stereocenters. The third-order valence-electron chi connectivity index (χ3n) is 3.61. The zero-order valence-electron chi connectivity index (χ0n) is 12.2. The highest BCUT2D eigenvalue weighted by Crippen LogP contribution is 2.17. The molecule has 1 saturated heterocycles. The summed E-state index contributed by atoms with van der Waals surface area (Å²) in [6, 6.07) is 3.24. The molecule has 1 aromatic carbocycles. The van der Waals surface area contributed by atoms with Crippen molar-refractivity contribution in [2.24, 2.45) is 0 Å². The molecule has 1 aromatic heterocycles. The maximum atomic E-state index is 13.6. The van der Waals surface area contributed by atoms with Crippen LogP contribution in [0.4, 0.5) is 20.3 Å². The number of hydrogen-bond acceptors (Lipinski definition) is 4. The first-order valence-electron chi connectivity index (χ1n) is 7.15. The SMILES string of the molecule is Fc1ccc(F)c(NC(=S)N2CCN(c3cnccn3)CC2)c1. The fraction of sp³-hybridized carbons (Fsp3) is 0.267. The van der Waals surface area contributed by atoms with Crippen LogP contribution in [-0.4, -0.2) is 46.2 Å².